The Kier molecular flexibility index (Phi) is 3.53. The molecule has 1 aromatic rings. The van der Waals surface area contributed by atoms with Crippen LogP contribution in [-0.2, 0) is 9.53 Å². The number of rotatable bonds is 3. The van der Waals surface area contributed by atoms with Gasteiger partial charge < -0.3 is 15.8 Å². The Morgan fingerprint density at radius 1 is 1.29 bits per heavy atom. The zero-order valence-electron chi connectivity index (χ0n) is 13.2. The van der Waals surface area contributed by atoms with Gasteiger partial charge in [-0.1, -0.05) is 0 Å². The van der Waals surface area contributed by atoms with Crippen molar-refractivity contribution in [3.8, 4) is 0 Å². The maximum Gasteiger partial charge on any atom is 0.246 e. The third kappa shape index (κ3) is 2.75. The first-order valence-corrected chi connectivity index (χ1v) is 7.03. The molecule has 1 aliphatic rings. The average Bonchev–Trinajstić information content (AvgIpc) is 2.42. The van der Waals surface area contributed by atoms with Crippen molar-refractivity contribution in [2.24, 2.45) is 5.73 Å². The number of primary amides is 1. The van der Waals surface area contributed by atoms with Crippen molar-refractivity contribution in [2.45, 2.75) is 57.8 Å². The fraction of sp³-hybridized carbons (Fsp3) is 0.562. The van der Waals surface area contributed by atoms with Crippen molar-refractivity contribution in [3.63, 3.8) is 0 Å². The smallest absolute Gasteiger partial charge is 0.246 e. The topological polar surface area (TPSA) is 64.3 Å². The van der Waals surface area contributed by atoms with Gasteiger partial charge in [0, 0.05) is 12.1 Å². The molecule has 4 nitrogen and oxygen atoms in total. The number of amides is 1. The Labute approximate surface area is 124 Å². The number of benzene rings is 1. The van der Waals surface area contributed by atoms with Gasteiger partial charge in [0.2, 0.25) is 5.91 Å². The second-order valence-corrected chi connectivity index (χ2v) is 6.96. The lowest BCUT2D eigenvalue weighted by molar-refractivity contribution is -0.129. The highest BCUT2D eigenvalue weighted by atomic mass is 19.1. The number of ether oxygens (including phenoxy) is 1. The molecule has 0 bridgehead atoms. The molecule has 1 fully saturated rings. The van der Waals surface area contributed by atoms with E-state index in [0.29, 0.717) is 12.1 Å². The summed E-state index contributed by atoms with van der Waals surface area (Å²) in [5, 5.41) is 3.14. The molecule has 0 aromatic heterocycles. The van der Waals surface area contributed by atoms with Crippen LogP contribution in [0, 0.1) is 12.7 Å². The van der Waals surface area contributed by atoms with Crippen molar-refractivity contribution < 1.29 is 13.9 Å². The fourth-order valence-corrected chi connectivity index (χ4v) is 3.36. The summed E-state index contributed by atoms with van der Waals surface area (Å²) < 4.78 is 19.6. The lowest BCUT2D eigenvalue weighted by Gasteiger charge is -2.38. The van der Waals surface area contributed by atoms with Crippen LogP contribution in [0.25, 0.3) is 0 Å². The molecular formula is C16H23FN2O2. The van der Waals surface area contributed by atoms with E-state index in [9.17, 15) is 9.18 Å². The highest BCUT2D eigenvalue weighted by Crippen LogP contribution is 2.46. The lowest BCUT2D eigenvalue weighted by Crippen LogP contribution is -2.61. The Morgan fingerprint density at radius 2 is 1.90 bits per heavy atom. The third-order valence-electron chi connectivity index (χ3n) is 4.07. The monoisotopic (exact) mass is 294 g/mol. The van der Waals surface area contributed by atoms with Crippen molar-refractivity contribution in [1.29, 1.82) is 0 Å². The van der Waals surface area contributed by atoms with Crippen molar-refractivity contribution in [1.82, 2.24) is 0 Å². The van der Waals surface area contributed by atoms with E-state index in [4.69, 9.17) is 10.5 Å². The van der Waals surface area contributed by atoms with E-state index in [0.717, 1.165) is 5.56 Å². The number of hydrogen-bond donors (Lipinski definition) is 2. The molecule has 0 aliphatic carbocycles. The van der Waals surface area contributed by atoms with Gasteiger partial charge >= 0.3 is 0 Å². The molecule has 1 atom stereocenters. The number of aryl methyl sites for hydroxylation is 1. The van der Waals surface area contributed by atoms with Crippen LogP contribution in [0.1, 0.15) is 39.7 Å². The fourth-order valence-electron chi connectivity index (χ4n) is 3.36. The van der Waals surface area contributed by atoms with Gasteiger partial charge in [-0.25, -0.2) is 4.39 Å². The van der Waals surface area contributed by atoms with E-state index in [-0.39, 0.29) is 5.82 Å². The molecule has 21 heavy (non-hydrogen) atoms. The van der Waals surface area contributed by atoms with E-state index in [1.54, 1.807) is 13.0 Å². The number of nitrogens with two attached hydrogens (primary N) is 1. The maximum atomic E-state index is 13.6. The Morgan fingerprint density at radius 3 is 2.33 bits per heavy atom. The molecule has 116 valence electrons. The van der Waals surface area contributed by atoms with Gasteiger partial charge in [-0.3, -0.25) is 4.79 Å². The Bertz CT molecular complexity index is 563. The lowest BCUT2D eigenvalue weighted by atomic mass is 9.78. The Balaban J connectivity index is 2.47. The number of carbonyl (C=O) groups is 1. The van der Waals surface area contributed by atoms with E-state index in [2.05, 4.69) is 5.32 Å². The first kappa shape index (κ1) is 15.8. The van der Waals surface area contributed by atoms with Gasteiger partial charge in [-0.2, -0.15) is 0 Å². The van der Waals surface area contributed by atoms with Gasteiger partial charge in [0.05, 0.1) is 11.2 Å². The van der Waals surface area contributed by atoms with E-state index in [1.165, 1.54) is 12.1 Å². The van der Waals surface area contributed by atoms with Crippen LogP contribution in [0.3, 0.4) is 0 Å². The number of hydrogen-bond acceptors (Lipinski definition) is 3. The highest BCUT2D eigenvalue weighted by molar-refractivity contribution is 5.90. The second-order valence-electron chi connectivity index (χ2n) is 6.96. The number of halogens is 1. The quantitative estimate of drug-likeness (QED) is 0.901. The van der Waals surface area contributed by atoms with Gasteiger partial charge in [0.15, 0.2) is 0 Å². The van der Waals surface area contributed by atoms with Crippen molar-refractivity contribution in [2.75, 3.05) is 5.32 Å². The summed E-state index contributed by atoms with van der Waals surface area (Å²) >= 11 is 0. The van der Waals surface area contributed by atoms with E-state index >= 15 is 0 Å². The van der Waals surface area contributed by atoms with Crippen molar-refractivity contribution >= 4 is 11.6 Å². The molecule has 1 aromatic carbocycles. The largest absolute Gasteiger partial charge is 0.369 e. The summed E-state index contributed by atoms with van der Waals surface area (Å²) in [6.07, 6.45) is 0.415. The normalized spacial score (nSPS) is 26.6. The number of nitrogens with one attached hydrogen (secondary N) is 1. The van der Waals surface area contributed by atoms with Crippen LogP contribution in [0.5, 0.6) is 0 Å². The molecule has 1 amide bonds. The van der Waals surface area contributed by atoms with Crippen LogP contribution in [0.4, 0.5) is 10.1 Å². The Hall–Kier alpha value is -1.62. The molecule has 5 heteroatoms. The summed E-state index contributed by atoms with van der Waals surface area (Å²) in [7, 11) is 0. The molecule has 1 saturated heterocycles. The molecule has 1 aliphatic heterocycles. The predicted octanol–water partition coefficient (Wildman–Crippen LogP) is 2.75. The molecule has 2 rings (SSSR count). The number of carbonyl (C=O) groups excluding carboxylic acids is 1. The summed E-state index contributed by atoms with van der Waals surface area (Å²) in [5.74, 6) is -0.854. The zero-order valence-corrected chi connectivity index (χ0v) is 13.2. The van der Waals surface area contributed by atoms with Crippen LogP contribution in [-0.4, -0.2) is 22.6 Å². The molecule has 0 radical (unpaired) electrons. The minimum absolute atomic E-state index is 0.354. The molecule has 3 N–H and O–H groups in total. The van der Waals surface area contributed by atoms with Crippen LogP contribution in [0.15, 0.2) is 18.2 Å². The molecular weight excluding hydrogens is 271 g/mol. The summed E-state index contributed by atoms with van der Waals surface area (Å²) in [6, 6.07) is 4.58. The van der Waals surface area contributed by atoms with Crippen molar-refractivity contribution in [3.05, 3.63) is 29.6 Å². The van der Waals surface area contributed by atoms with Crippen LogP contribution in [0.2, 0.25) is 0 Å². The number of anilines is 1. The van der Waals surface area contributed by atoms with Gasteiger partial charge in [0.25, 0.3) is 0 Å². The predicted molar refractivity (Wildman–Crippen MR) is 80.5 cm³/mol. The van der Waals surface area contributed by atoms with Crippen LogP contribution >= 0.6 is 0 Å². The van der Waals surface area contributed by atoms with Gasteiger partial charge in [0.1, 0.15) is 11.4 Å². The summed E-state index contributed by atoms with van der Waals surface area (Å²) in [6.45, 7) is 9.28. The van der Waals surface area contributed by atoms with Crippen LogP contribution < -0.4 is 11.1 Å². The average molecular weight is 294 g/mol. The first-order chi connectivity index (χ1) is 9.47. The van der Waals surface area contributed by atoms with E-state index in [1.807, 2.05) is 27.7 Å². The third-order valence-corrected chi connectivity index (χ3v) is 4.07. The molecule has 1 unspecified atom stereocenters. The minimum atomic E-state index is -1.09. The van der Waals surface area contributed by atoms with Gasteiger partial charge in [-0.05, 0) is 58.4 Å². The standard InChI is InChI=1S/C16H23FN2O2/c1-10-6-11(17)8-12(7-10)19-16(13(18)20)9-14(2,3)21-15(16,4)5/h6-8,19H,9H2,1-5H3,(H2,18,20). The van der Waals surface area contributed by atoms with E-state index < -0.39 is 22.6 Å². The molecule has 1 heterocycles. The molecule has 0 saturated carbocycles. The molecule has 0 spiro atoms. The first-order valence-electron chi connectivity index (χ1n) is 7.03. The highest BCUT2D eigenvalue weighted by Gasteiger charge is 2.61. The van der Waals surface area contributed by atoms with Gasteiger partial charge in [-0.15, -0.1) is 0 Å². The minimum Gasteiger partial charge on any atom is -0.369 e. The SMILES string of the molecule is Cc1cc(F)cc(NC2(C(N)=O)CC(C)(C)OC2(C)C)c1. The second kappa shape index (κ2) is 4.70. The summed E-state index contributed by atoms with van der Waals surface area (Å²) in [4.78, 5) is 12.2. The maximum absolute atomic E-state index is 13.6. The zero-order chi connectivity index (χ0) is 16.1. The summed E-state index contributed by atoms with van der Waals surface area (Å²) in [5.41, 5.74) is 4.60.